The van der Waals surface area contributed by atoms with E-state index in [2.05, 4.69) is 10.3 Å². The number of aliphatic hydroxyl groups excluding tert-OH is 2. The van der Waals surface area contributed by atoms with Crippen LogP contribution in [0, 0.1) is 5.92 Å². The Morgan fingerprint density at radius 1 is 1.29 bits per heavy atom. The lowest BCUT2D eigenvalue weighted by atomic mass is 9.56. The second kappa shape index (κ2) is 3.18. The number of hydrogen-bond donors (Lipinski definition) is 6. The number of hydrogen-bond acceptors (Lipinski definition) is 10. The maximum Gasteiger partial charge on any atom is 0.311 e. The average Bonchev–Trinajstić information content (AvgIpc) is 2.59. The molecule has 0 radical (unpaired) electrons. The van der Waals surface area contributed by atoms with Crippen molar-refractivity contribution in [3.05, 3.63) is 0 Å². The van der Waals surface area contributed by atoms with Gasteiger partial charge in [-0.15, -0.1) is 0 Å². The van der Waals surface area contributed by atoms with Crippen LogP contribution in [0.3, 0.4) is 0 Å². The van der Waals surface area contributed by atoms with Gasteiger partial charge in [0.2, 0.25) is 0 Å². The molecule has 10 nitrogen and oxygen atoms in total. The molecule has 6 aliphatic rings. The molecule has 1 saturated carbocycles. The molecule has 7 bridgehead atoms. The summed E-state index contributed by atoms with van der Waals surface area (Å²) in [6, 6.07) is 0. The molecule has 0 aromatic rings. The predicted molar refractivity (Wildman–Crippen MR) is 62.4 cm³/mol. The first-order chi connectivity index (χ1) is 9.87. The van der Waals surface area contributed by atoms with E-state index in [-0.39, 0.29) is 5.96 Å². The highest BCUT2D eigenvalue weighted by Crippen LogP contribution is 2.63. The van der Waals surface area contributed by atoms with Gasteiger partial charge in [0.1, 0.15) is 29.5 Å². The third-order valence-electron chi connectivity index (χ3n) is 5.44. The molecular formula is C11H15N3O7. The first-order valence-electron chi connectivity index (χ1n) is 6.73. The van der Waals surface area contributed by atoms with E-state index in [1.54, 1.807) is 0 Å². The summed E-state index contributed by atoms with van der Waals surface area (Å²) < 4.78 is 16.4. The van der Waals surface area contributed by atoms with Crippen LogP contribution in [0.1, 0.15) is 0 Å². The highest BCUT2D eigenvalue weighted by Gasteiger charge is 2.86. The van der Waals surface area contributed by atoms with Crippen LogP contribution >= 0.6 is 0 Å². The van der Waals surface area contributed by atoms with E-state index in [1.165, 1.54) is 0 Å². The van der Waals surface area contributed by atoms with E-state index in [4.69, 9.17) is 19.9 Å². The van der Waals surface area contributed by atoms with E-state index in [0.717, 1.165) is 0 Å². The largest absolute Gasteiger partial charge is 0.393 e. The molecule has 116 valence electrons. The first-order valence-corrected chi connectivity index (χ1v) is 6.73. The number of nitrogens with two attached hydrogens (primary N) is 1. The minimum atomic E-state index is -2.13. The third kappa shape index (κ3) is 1.03. The van der Waals surface area contributed by atoms with Gasteiger partial charge in [-0.3, -0.25) is 0 Å². The van der Waals surface area contributed by atoms with Crippen molar-refractivity contribution in [3.8, 4) is 0 Å². The molecule has 6 rings (SSSR count). The van der Waals surface area contributed by atoms with Gasteiger partial charge in [0.05, 0.1) is 12.5 Å². The lowest BCUT2D eigenvalue weighted by Gasteiger charge is -2.68. The van der Waals surface area contributed by atoms with E-state index in [1.807, 2.05) is 0 Å². The van der Waals surface area contributed by atoms with Crippen molar-refractivity contribution in [2.45, 2.75) is 47.8 Å². The van der Waals surface area contributed by atoms with Crippen molar-refractivity contribution in [2.24, 2.45) is 16.6 Å². The zero-order valence-electron chi connectivity index (χ0n) is 10.7. The number of aliphatic hydroxyl groups is 4. The molecule has 0 aromatic heterocycles. The summed E-state index contributed by atoms with van der Waals surface area (Å²) in [5.41, 5.74) is 2.70. The summed E-state index contributed by atoms with van der Waals surface area (Å²) in [4.78, 5) is 4.09. The Morgan fingerprint density at radius 2 is 2.00 bits per heavy atom. The van der Waals surface area contributed by atoms with Gasteiger partial charge in [-0.25, -0.2) is 4.99 Å². The summed E-state index contributed by atoms with van der Waals surface area (Å²) >= 11 is 0. The molecule has 7 N–H and O–H groups in total. The monoisotopic (exact) mass is 301 g/mol. The summed E-state index contributed by atoms with van der Waals surface area (Å²) in [5, 5.41) is 44.4. The zero-order valence-corrected chi connectivity index (χ0v) is 10.7. The molecule has 1 spiro atoms. The van der Waals surface area contributed by atoms with Gasteiger partial charge >= 0.3 is 5.97 Å². The molecule has 5 fully saturated rings. The maximum absolute atomic E-state index is 10.7. The summed E-state index contributed by atoms with van der Waals surface area (Å²) in [5.74, 6) is -2.66. The van der Waals surface area contributed by atoms with Crippen molar-refractivity contribution in [1.82, 2.24) is 5.32 Å². The van der Waals surface area contributed by atoms with Gasteiger partial charge in [-0.2, -0.15) is 0 Å². The van der Waals surface area contributed by atoms with E-state index < -0.39 is 60.3 Å². The number of nitrogens with zero attached hydrogens (tertiary/aromatic N) is 1. The van der Waals surface area contributed by atoms with Gasteiger partial charge in [0.15, 0.2) is 18.3 Å². The topological polar surface area (TPSA) is 159 Å². The number of ether oxygens (including phenoxy) is 3. The molecule has 5 heterocycles. The standard InChI is InChI=1S/C11H15N3O7/c12-8-13-6-2-4-9(17,1-15)5-3(16)10(2,14-8)7(19-6)11(18,20-4)21-5/h2-7,15-18H,1H2,(H3,12,13,14)/t2-,3?,4-,5+,6+,7+,9+,10-,11+/m1/s1. The zero-order chi connectivity index (χ0) is 14.8. The predicted octanol–water partition coefficient (Wildman–Crippen LogP) is -4.47. The van der Waals surface area contributed by atoms with Crippen LogP contribution in [0.4, 0.5) is 0 Å². The van der Waals surface area contributed by atoms with Crippen LogP contribution in [0.15, 0.2) is 4.99 Å². The highest BCUT2D eigenvalue weighted by molar-refractivity contribution is 5.80. The minimum Gasteiger partial charge on any atom is -0.393 e. The van der Waals surface area contributed by atoms with Gasteiger partial charge in [-0.1, -0.05) is 0 Å². The molecule has 21 heavy (non-hydrogen) atoms. The van der Waals surface area contributed by atoms with Crippen molar-refractivity contribution in [2.75, 3.05) is 6.61 Å². The lowest BCUT2D eigenvalue weighted by Crippen LogP contribution is -2.92. The number of aliphatic imine (C=N–C) groups is 1. The second-order valence-electron chi connectivity index (χ2n) is 6.31. The lowest BCUT2D eigenvalue weighted by molar-refractivity contribution is -0.529. The van der Waals surface area contributed by atoms with Crippen LogP contribution in [0.5, 0.6) is 0 Å². The van der Waals surface area contributed by atoms with Gasteiger partial charge in [0.25, 0.3) is 0 Å². The van der Waals surface area contributed by atoms with Crippen LogP contribution in [0.25, 0.3) is 0 Å². The number of nitrogens with one attached hydrogen (secondary N) is 1. The van der Waals surface area contributed by atoms with Gasteiger partial charge in [0, 0.05) is 0 Å². The fourth-order valence-electron chi connectivity index (χ4n) is 4.65. The smallest absolute Gasteiger partial charge is 0.311 e. The van der Waals surface area contributed by atoms with Gasteiger partial charge < -0.3 is 45.7 Å². The Kier molecular flexibility index (Phi) is 1.89. The van der Waals surface area contributed by atoms with Crippen LogP contribution in [-0.4, -0.2) is 80.7 Å². The van der Waals surface area contributed by atoms with E-state index >= 15 is 0 Å². The van der Waals surface area contributed by atoms with Crippen molar-refractivity contribution in [3.63, 3.8) is 0 Å². The molecule has 0 aromatic carbocycles. The molecule has 1 aliphatic carbocycles. The van der Waals surface area contributed by atoms with E-state index in [9.17, 15) is 20.4 Å². The third-order valence-corrected chi connectivity index (χ3v) is 5.44. The Morgan fingerprint density at radius 3 is 2.71 bits per heavy atom. The summed E-state index contributed by atoms with van der Waals surface area (Å²) in [6.45, 7) is -0.696. The first kappa shape index (κ1) is 12.5. The summed E-state index contributed by atoms with van der Waals surface area (Å²) in [7, 11) is 0. The quantitative estimate of drug-likeness (QED) is 0.281. The minimum absolute atomic E-state index is 0.0795. The maximum atomic E-state index is 10.7. The Hall–Kier alpha value is -1.01. The van der Waals surface area contributed by atoms with Gasteiger partial charge in [-0.05, 0) is 0 Å². The molecule has 9 atom stereocenters. The van der Waals surface area contributed by atoms with Crippen LogP contribution in [-0.2, 0) is 14.2 Å². The van der Waals surface area contributed by atoms with Crippen LogP contribution in [0.2, 0.25) is 0 Å². The van der Waals surface area contributed by atoms with Crippen molar-refractivity contribution in [1.29, 1.82) is 0 Å². The van der Waals surface area contributed by atoms with Crippen LogP contribution < -0.4 is 11.1 Å². The molecule has 4 saturated heterocycles. The Bertz CT molecular complexity index is 574. The molecular weight excluding hydrogens is 286 g/mol. The molecule has 0 amide bonds. The molecule has 1 unspecified atom stereocenters. The number of guanidine groups is 1. The number of rotatable bonds is 1. The van der Waals surface area contributed by atoms with E-state index in [0.29, 0.717) is 0 Å². The Labute approximate surface area is 118 Å². The summed E-state index contributed by atoms with van der Waals surface area (Å²) in [6.07, 6.45) is -5.35. The highest BCUT2D eigenvalue weighted by atomic mass is 16.9. The fourth-order valence-corrected chi connectivity index (χ4v) is 4.65. The molecule has 10 heteroatoms. The normalized spacial score (nSPS) is 66.2. The van der Waals surface area contributed by atoms with Crippen molar-refractivity contribution < 1.29 is 34.6 Å². The Balaban J connectivity index is 1.77. The SMILES string of the molecule is NC1=N[C@H]2O[C@@H]3[C@]4(O)O[C@@H]5[C@H]2[C@@]3(N1)C(O)[C@H](O4)[C@]5(O)CO. The fraction of sp³-hybridized carbons (Fsp3) is 0.909. The second-order valence-corrected chi connectivity index (χ2v) is 6.31. The van der Waals surface area contributed by atoms with Crippen molar-refractivity contribution >= 4 is 5.96 Å². The average molecular weight is 301 g/mol. The molecule has 5 aliphatic heterocycles.